The van der Waals surface area contributed by atoms with Crippen molar-refractivity contribution in [2.45, 2.75) is 51.6 Å². The Morgan fingerprint density at radius 1 is 1.16 bits per heavy atom. The first-order valence-corrected chi connectivity index (χ1v) is 11.1. The van der Waals surface area contributed by atoms with E-state index in [0.29, 0.717) is 12.3 Å². The van der Waals surface area contributed by atoms with Crippen LogP contribution in [0, 0.1) is 5.41 Å². The first kappa shape index (κ1) is 20.6. The highest BCUT2D eigenvalue weighted by Crippen LogP contribution is 2.54. The number of ketones is 1. The van der Waals surface area contributed by atoms with Crippen molar-refractivity contribution in [2.75, 3.05) is 7.11 Å². The highest BCUT2D eigenvalue weighted by molar-refractivity contribution is 6.01. The number of fused-ring (bicyclic) bond motifs is 1. The van der Waals surface area contributed by atoms with E-state index in [4.69, 9.17) is 4.74 Å². The molecule has 0 fully saturated rings. The van der Waals surface area contributed by atoms with Gasteiger partial charge in [-0.15, -0.1) is 0 Å². The summed E-state index contributed by atoms with van der Waals surface area (Å²) in [6.07, 6.45) is 5.51. The van der Waals surface area contributed by atoms with Crippen molar-refractivity contribution < 1.29 is 9.53 Å². The van der Waals surface area contributed by atoms with Crippen LogP contribution in [0.3, 0.4) is 0 Å². The van der Waals surface area contributed by atoms with Gasteiger partial charge in [-0.1, -0.05) is 39.0 Å². The molecule has 3 aliphatic rings. The lowest BCUT2D eigenvalue weighted by atomic mass is 9.58. The summed E-state index contributed by atoms with van der Waals surface area (Å²) < 4.78 is 5.32. The number of benzene rings is 1. The van der Waals surface area contributed by atoms with Crippen molar-refractivity contribution in [3.63, 3.8) is 0 Å². The van der Waals surface area contributed by atoms with Crippen molar-refractivity contribution in [1.29, 1.82) is 0 Å². The van der Waals surface area contributed by atoms with E-state index in [1.807, 2.05) is 18.3 Å². The van der Waals surface area contributed by atoms with E-state index in [2.05, 4.69) is 65.6 Å². The number of Topliss-reactive ketones (excluding diaryl/α,β-unsaturated/α-hetero) is 1. The topological polar surface area (TPSA) is 75.9 Å². The molecule has 0 bridgehead atoms. The van der Waals surface area contributed by atoms with Gasteiger partial charge in [-0.2, -0.15) is 10.2 Å². The van der Waals surface area contributed by atoms with Gasteiger partial charge in [0.15, 0.2) is 11.9 Å². The normalized spacial score (nSPS) is 25.7. The summed E-state index contributed by atoms with van der Waals surface area (Å²) in [5, 5.41) is 12.2. The van der Waals surface area contributed by atoms with Gasteiger partial charge in [-0.25, -0.2) is 4.98 Å². The number of ether oxygens (including phenoxy) is 1. The number of nitrogens with one attached hydrogen (secondary N) is 1. The molecule has 6 heteroatoms. The lowest BCUT2D eigenvalue weighted by molar-refractivity contribution is -0.119. The van der Waals surface area contributed by atoms with Gasteiger partial charge < -0.3 is 10.1 Å². The number of allylic oxidation sites excluding steroid dienone is 2. The van der Waals surface area contributed by atoms with Crippen LogP contribution in [0.4, 0.5) is 0 Å². The average Bonchev–Trinajstić information content (AvgIpc) is 3.25. The van der Waals surface area contributed by atoms with Gasteiger partial charge in [0.05, 0.1) is 18.7 Å². The predicted molar refractivity (Wildman–Crippen MR) is 123 cm³/mol. The maximum absolute atomic E-state index is 13.6. The Balaban J connectivity index is 1.71. The van der Waals surface area contributed by atoms with Gasteiger partial charge in [-0.05, 0) is 47.1 Å². The van der Waals surface area contributed by atoms with Gasteiger partial charge in [0.1, 0.15) is 0 Å². The molecule has 1 N–H and O–H groups in total. The molecule has 2 aromatic rings. The number of carbonyl (C=O) groups excluding carboxylic acids is 1. The minimum absolute atomic E-state index is 0.0746. The molecule has 1 aromatic carbocycles. The Bertz CT molecular complexity index is 1190. The fraction of sp³-hybridized carbons (Fsp3) is 0.385. The second-order valence-electron chi connectivity index (χ2n) is 9.58. The lowest BCUT2D eigenvalue weighted by Gasteiger charge is -2.47. The molecule has 0 amide bonds. The minimum Gasteiger partial charge on any atom is -0.481 e. The second kappa shape index (κ2) is 7.40. The zero-order valence-electron chi connectivity index (χ0n) is 19.0. The van der Waals surface area contributed by atoms with Crippen molar-refractivity contribution in [3.05, 3.63) is 71.2 Å². The van der Waals surface area contributed by atoms with Crippen LogP contribution in [0.15, 0.2) is 75.9 Å². The summed E-state index contributed by atoms with van der Waals surface area (Å²) >= 11 is 0. The fourth-order valence-electron chi connectivity index (χ4n) is 5.56. The summed E-state index contributed by atoms with van der Waals surface area (Å²) in [5.41, 5.74) is 5.52. The molecule has 32 heavy (non-hydrogen) atoms. The number of hydrogen-bond donors (Lipinski definition) is 1. The number of aromatic nitrogens is 1. The van der Waals surface area contributed by atoms with E-state index in [9.17, 15) is 4.79 Å². The van der Waals surface area contributed by atoms with Gasteiger partial charge in [0.25, 0.3) is 0 Å². The number of pyridine rings is 1. The van der Waals surface area contributed by atoms with E-state index in [-0.39, 0.29) is 17.4 Å². The molecular formula is C26H28N4O2. The molecule has 6 nitrogen and oxygen atoms in total. The van der Waals surface area contributed by atoms with Crippen LogP contribution in [0.2, 0.25) is 0 Å². The molecule has 1 aliphatic carbocycles. The van der Waals surface area contributed by atoms with Gasteiger partial charge in [-0.3, -0.25) is 4.79 Å². The third-order valence-corrected chi connectivity index (χ3v) is 6.94. The van der Waals surface area contributed by atoms with Crippen LogP contribution in [0.5, 0.6) is 5.88 Å². The summed E-state index contributed by atoms with van der Waals surface area (Å²) in [6, 6.07) is 12.4. The molecule has 2 aliphatic heterocycles. The molecule has 3 heterocycles. The number of azo groups is 1. The van der Waals surface area contributed by atoms with Crippen molar-refractivity contribution in [2.24, 2.45) is 15.6 Å². The van der Waals surface area contributed by atoms with Crippen LogP contribution in [0.1, 0.15) is 45.6 Å². The van der Waals surface area contributed by atoms with E-state index in [1.165, 1.54) is 0 Å². The summed E-state index contributed by atoms with van der Waals surface area (Å²) in [5.74, 6) is 0.790. The average molecular weight is 429 g/mol. The van der Waals surface area contributed by atoms with Crippen LogP contribution in [-0.4, -0.2) is 24.0 Å². The second-order valence-corrected chi connectivity index (χ2v) is 9.58. The standard InChI is InChI=1S/C26H28N4O2/c1-5-26(18-8-6-7-16(11-18)17-9-10-27-22(12-17)32-4)19-15-28-30-24(19)29-20-13-25(2,3)14-21(31)23(20)26/h6-12,15,24,29H,5,13-14H2,1-4H3. The lowest BCUT2D eigenvalue weighted by Crippen LogP contribution is -2.51. The quantitative estimate of drug-likeness (QED) is 0.714. The monoisotopic (exact) mass is 428 g/mol. The van der Waals surface area contributed by atoms with Crippen LogP contribution in [0.25, 0.3) is 11.1 Å². The Morgan fingerprint density at radius 2 is 1.97 bits per heavy atom. The fourth-order valence-corrected chi connectivity index (χ4v) is 5.56. The zero-order chi connectivity index (χ0) is 22.5. The summed E-state index contributed by atoms with van der Waals surface area (Å²) in [4.78, 5) is 17.8. The molecule has 5 rings (SSSR count). The van der Waals surface area contributed by atoms with Gasteiger partial charge in [0, 0.05) is 35.5 Å². The molecule has 2 unspecified atom stereocenters. The van der Waals surface area contributed by atoms with Gasteiger partial charge >= 0.3 is 0 Å². The predicted octanol–water partition coefficient (Wildman–Crippen LogP) is 5.33. The van der Waals surface area contributed by atoms with Crippen LogP contribution >= 0.6 is 0 Å². The Labute approximate surface area is 188 Å². The van der Waals surface area contributed by atoms with Crippen molar-refractivity contribution >= 4 is 5.78 Å². The van der Waals surface area contributed by atoms with E-state index in [1.54, 1.807) is 13.3 Å². The molecule has 2 atom stereocenters. The van der Waals surface area contributed by atoms with Crippen molar-refractivity contribution in [3.8, 4) is 17.0 Å². The Morgan fingerprint density at radius 3 is 2.75 bits per heavy atom. The molecular weight excluding hydrogens is 400 g/mol. The highest BCUT2D eigenvalue weighted by Gasteiger charge is 2.52. The third-order valence-electron chi connectivity index (χ3n) is 6.94. The first-order valence-electron chi connectivity index (χ1n) is 11.1. The minimum atomic E-state index is -0.546. The summed E-state index contributed by atoms with van der Waals surface area (Å²) in [7, 11) is 1.62. The van der Waals surface area contributed by atoms with Crippen molar-refractivity contribution in [1.82, 2.24) is 10.3 Å². The van der Waals surface area contributed by atoms with E-state index >= 15 is 0 Å². The number of methoxy groups -OCH3 is 1. The first-order chi connectivity index (χ1) is 15.4. The number of hydrogen-bond acceptors (Lipinski definition) is 6. The molecule has 1 aromatic heterocycles. The number of nitrogens with zero attached hydrogens (tertiary/aromatic N) is 3. The highest BCUT2D eigenvalue weighted by atomic mass is 16.5. The smallest absolute Gasteiger partial charge is 0.213 e. The maximum Gasteiger partial charge on any atom is 0.213 e. The summed E-state index contributed by atoms with van der Waals surface area (Å²) in [6.45, 7) is 6.47. The van der Waals surface area contributed by atoms with Crippen LogP contribution in [-0.2, 0) is 10.2 Å². The Kier molecular flexibility index (Phi) is 4.77. The molecule has 164 valence electrons. The molecule has 0 saturated heterocycles. The maximum atomic E-state index is 13.6. The molecule has 0 spiro atoms. The number of carbonyl (C=O) groups is 1. The van der Waals surface area contributed by atoms with Crippen LogP contribution < -0.4 is 10.1 Å². The van der Waals surface area contributed by atoms with Gasteiger partial charge in [0.2, 0.25) is 5.88 Å². The molecule has 0 saturated carbocycles. The SMILES string of the molecule is CCC1(c2cccc(-c3ccnc(OC)c3)c2)C2=CN=NC2NC2=C1C(=O)CC(C)(C)C2. The van der Waals surface area contributed by atoms with E-state index in [0.717, 1.165) is 46.4 Å². The third kappa shape index (κ3) is 3.08. The molecule has 0 radical (unpaired) electrons. The largest absolute Gasteiger partial charge is 0.481 e. The zero-order valence-corrected chi connectivity index (χ0v) is 19.0. The Hall–Kier alpha value is -3.28. The number of rotatable bonds is 4. The van der Waals surface area contributed by atoms with E-state index < -0.39 is 5.41 Å².